The van der Waals surface area contributed by atoms with E-state index in [4.69, 9.17) is 9.47 Å². The summed E-state index contributed by atoms with van der Waals surface area (Å²) in [5, 5.41) is 1.44. The molecule has 4 saturated heterocycles. The van der Waals surface area contributed by atoms with Crippen molar-refractivity contribution in [2.75, 3.05) is 27.3 Å². The molecule has 2 spiro atoms. The molecule has 14 nitrogen and oxygen atoms in total. The molecule has 4 heterocycles. The number of carbonyl (C=O) groups excluding carboxylic acids is 6. The van der Waals surface area contributed by atoms with Gasteiger partial charge >= 0.3 is 12.2 Å². The van der Waals surface area contributed by atoms with Gasteiger partial charge < -0.3 is 9.47 Å². The molecule has 0 bridgehead atoms. The topological polar surface area (TPSA) is 158 Å². The number of imide groups is 2. The third-order valence-corrected chi connectivity index (χ3v) is 10.5. The van der Waals surface area contributed by atoms with Crippen molar-refractivity contribution in [1.29, 1.82) is 0 Å². The number of ether oxygens (including phenoxy) is 2. The Bertz CT molecular complexity index is 1140. The summed E-state index contributed by atoms with van der Waals surface area (Å²) in [6.07, 6.45) is -0.328. The van der Waals surface area contributed by atoms with Crippen LogP contribution in [0.2, 0.25) is 0 Å². The van der Waals surface area contributed by atoms with Crippen molar-refractivity contribution in [3.8, 4) is 0 Å². The first kappa shape index (κ1) is 33.6. The smallest absolute Gasteiger partial charge is 0.426 e. The maximum absolute atomic E-state index is 13.4. The molecule has 4 rings (SSSR count). The largest absolute Gasteiger partial charge is 0.445 e. The number of nitrogens with one attached hydrogen (secondary N) is 2. The highest BCUT2D eigenvalue weighted by Crippen LogP contribution is 2.53. The van der Waals surface area contributed by atoms with Gasteiger partial charge in [0, 0.05) is 35.0 Å². The fraction of sp³-hybridized carbons (Fsp3) is 0.800. The van der Waals surface area contributed by atoms with Gasteiger partial charge in [0.15, 0.2) is 0 Å². The molecule has 14 heteroatoms. The Labute approximate surface area is 259 Å². The average Bonchev–Trinajstić information content (AvgIpc) is 3.21. The highest BCUT2D eigenvalue weighted by Gasteiger charge is 2.62. The van der Waals surface area contributed by atoms with Gasteiger partial charge in [0.2, 0.25) is 11.8 Å². The van der Waals surface area contributed by atoms with Crippen molar-refractivity contribution in [1.82, 2.24) is 30.7 Å². The molecule has 0 aromatic carbocycles. The molecule has 0 aromatic rings. The zero-order valence-electron chi connectivity index (χ0n) is 27.7. The van der Waals surface area contributed by atoms with Gasteiger partial charge in [-0.2, -0.15) is 10.0 Å². The summed E-state index contributed by atoms with van der Waals surface area (Å²) in [6, 6.07) is 0. The molecule has 0 unspecified atom stereocenters. The highest BCUT2D eigenvalue weighted by molar-refractivity contribution is 6.07. The Balaban J connectivity index is 1.26. The minimum Gasteiger partial charge on any atom is -0.445 e. The predicted molar refractivity (Wildman–Crippen MR) is 157 cm³/mol. The van der Waals surface area contributed by atoms with E-state index in [1.807, 2.05) is 69.5 Å². The Kier molecular flexibility index (Phi) is 8.16. The number of carbonyl (C=O) groups is 6. The minimum atomic E-state index is -1.06. The van der Waals surface area contributed by atoms with E-state index in [0.29, 0.717) is 25.7 Å². The van der Waals surface area contributed by atoms with Crippen LogP contribution in [0.5, 0.6) is 0 Å². The van der Waals surface area contributed by atoms with E-state index in [1.165, 1.54) is 0 Å². The van der Waals surface area contributed by atoms with Crippen LogP contribution in [0.4, 0.5) is 9.59 Å². The number of rotatable bonds is 5. The summed E-state index contributed by atoms with van der Waals surface area (Å²) in [4.78, 5) is 81.7. The van der Waals surface area contributed by atoms with Crippen LogP contribution in [-0.2, 0) is 28.7 Å². The van der Waals surface area contributed by atoms with Gasteiger partial charge in [-0.15, -0.1) is 0 Å². The van der Waals surface area contributed by atoms with Crippen LogP contribution >= 0.6 is 0 Å². The first-order valence-electron chi connectivity index (χ1n) is 15.1. The lowest BCUT2D eigenvalue weighted by Gasteiger charge is -2.56. The van der Waals surface area contributed by atoms with Crippen LogP contribution in [0.1, 0.15) is 93.9 Å². The number of hydrazine groups is 2. The number of likely N-dealkylation sites (tertiary alicyclic amines) is 2. The third kappa shape index (κ3) is 5.78. The Morgan fingerprint density at radius 2 is 0.864 bits per heavy atom. The van der Waals surface area contributed by atoms with Crippen LogP contribution in [0.3, 0.4) is 0 Å². The first-order chi connectivity index (χ1) is 20.0. The summed E-state index contributed by atoms with van der Waals surface area (Å²) < 4.78 is 10.0. The molecule has 0 atom stereocenters. The van der Waals surface area contributed by atoms with Gasteiger partial charge in [-0.3, -0.25) is 29.0 Å². The number of piperidine rings is 2. The molecule has 0 saturated carbocycles. The van der Waals surface area contributed by atoms with E-state index in [1.54, 1.807) is 0 Å². The van der Waals surface area contributed by atoms with Crippen molar-refractivity contribution < 1.29 is 38.2 Å². The number of amides is 6. The van der Waals surface area contributed by atoms with Gasteiger partial charge in [0.05, 0.1) is 10.8 Å². The molecule has 0 aromatic heterocycles. The number of hydrogen-bond donors (Lipinski definition) is 2. The van der Waals surface area contributed by atoms with Crippen molar-refractivity contribution in [3.63, 3.8) is 0 Å². The zero-order chi connectivity index (χ0) is 33.3. The van der Waals surface area contributed by atoms with E-state index in [9.17, 15) is 28.8 Å². The Hall–Kier alpha value is -3.26. The van der Waals surface area contributed by atoms with Crippen LogP contribution in [0.25, 0.3) is 0 Å². The highest BCUT2D eigenvalue weighted by atomic mass is 16.6. The zero-order valence-corrected chi connectivity index (χ0v) is 27.7. The quantitative estimate of drug-likeness (QED) is 0.345. The van der Waals surface area contributed by atoms with E-state index in [-0.39, 0.29) is 35.0 Å². The second-order valence-corrected chi connectivity index (χ2v) is 15.6. The van der Waals surface area contributed by atoms with Crippen LogP contribution < -0.4 is 10.9 Å². The summed E-state index contributed by atoms with van der Waals surface area (Å²) in [5.74, 6) is -1.99. The third-order valence-electron chi connectivity index (χ3n) is 10.5. The molecule has 2 N–H and O–H groups in total. The van der Waals surface area contributed by atoms with Crippen molar-refractivity contribution in [2.45, 2.75) is 116 Å². The molecule has 0 aliphatic carbocycles. The van der Waals surface area contributed by atoms with Gasteiger partial charge in [0.1, 0.15) is 13.2 Å². The Morgan fingerprint density at radius 1 is 0.591 bits per heavy atom. The van der Waals surface area contributed by atoms with Gasteiger partial charge in [-0.25, -0.2) is 20.4 Å². The molecule has 44 heavy (non-hydrogen) atoms. The summed E-state index contributed by atoms with van der Waals surface area (Å²) in [6.45, 7) is 15.4. The Morgan fingerprint density at radius 3 is 1.14 bits per heavy atom. The summed E-state index contributed by atoms with van der Waals surface area (Å²) in [7, 11) is 4.00. The molecule has 246 valence electrons. The van der Waals surface area contributed by atoms with Gasteiger partial charge in [0.25, 0.3) is 11.8 Å². The van der Waals surface area contributed by atoms with Crippen LogP contribution in [0, 0.1) is 10.8 Å². The van der Waals surface area contributed by atoms with Crippen molar-refractivity contribution in [3.05, 3.63) is 0 Å². The maximum atomic E-state index is 13.4. The number of nitrogens with zero attached hydrogens (tertiary/aromatic N) is 4. The summed E-state index contributed by atoms with van der Waals surface area (Å²) in [5.41, 5.74) is 1.18. The molecule has 4 aliphatic rings. The first-order valence-corrected chi connectivity index (χ1v) is 15.1. The van der Waals surface area contributed by atoms with Crippen LogP contribution in [-0.4, -0.2) is 105 Å². The molecule has 4 aliphatic heterocycles. The fourth-order valence-electron chi connectivity index (χ4n) is 8.43. The second-order valence-electron chi connectivity index (χ2n) is 15.6. The molecular weight excluding hydrogens is 572 g/mol. The van der Waals surface area contributed by atoms with Crippen LogP contribution in [0.15, 0.2) is 0 Å². The second kappa shape index (κ2) is 10.7. The van der Waals surface area contributed by atoms with Gasteiger partial charge in [-0.05, 0) is 95.2 Å². The van der Waals surface area contributed by atoms with E-state index in [2.05, 4.69) is 20.7 Å². The summed E-state index contributed by atoms with van der Waals surface area (Å²) >= 11 is 0. The molecule has 6 amide bonds. The van der Waals surface area contributed by atoms with E-state index in [0.717, 1.165) is 10.0 Å². The number of hydrogen-bond acceptors (Lipinski definition) is 10. The standard InChI is InChI=1S/C30H48N6O8/c1-25(2)15-29(16-26(3,4)33(25)9)13-19(37)35(21(29)39)31-23(41)43-11-12-44-24(42)32-36-20(38)14-30(22(36)40)17-27(5,6)34(10)28(7,8)18-30/h11-18H2,1-10H3,(H,31,41)(H,32,42). The SMILES string of the molecule is CN1C(C)(C)CC2(CC(=O)N(NC(=O)OCCOC(=O)NN3C(=O)CC4(CC(C)(C)N(C)C(C)(C)C4)C3=O)C2=O)CC1(C)C. The normalized spacial score (nSPS) is 26.8. The monoisotopic (exact) mass is 620 g/mol. The van der Waals surface area contributed by atoms with Gasteiger partial charge in [-0.1, -0.05) is 0 Å². The van der Waals surface area contributed by atoms with Crippen molar-refractivity contribution in [2.24, 2.45) is 10.8 Å². The lowest BCUT2D eigenvalue weighted by Crippen LogP contribution is -2.63. The lowest BCUT2D eigenvalue weighted by molar-refractivity contribution is -0.152. The average molecular weight is 621 g/mol. The molecular formula is C30H48N6O8. The predicted octanol–water partition coefficient (Wildman–Crippen LogP) is 2.33. The van der Waals surface area contributed by atoms with E-state index >= 15 is 0 Å². The maximum Gasteiger partial charge on any atom is 0.426 e. The molecule has 4 fully saturated rings. The lowest BCUT2D eigenvalue weighted by atomic mass is 9.63. The van der Waals surface area contributed by atoms with E-state index < -0.39 is 59.9 Å². The van der Waals surface area contributed by atoms with Crippen molar-refractivity contribution >= 4 is 35.8 Å². The minimum absolute atomic E-state index is 0.0168. The molecule has 0 radical (unpaired) electrons. The fourth-order valence-corrected chi connectivity index (χ4v) is 8.43.